The van der Waals surface area contributed by atoms with E-state index < -0.39 is 0 Å². The summed E-state index contributed by atoms with van der Waals surface area (Å²) in [5, 5.41) is 19.1. The lowest BCUT2D eigenvalue weighted by atomic mass is 9.98. The van der Waals surface area contributed by atoms with Gasteiger partial charge in [-0.2, -0.15) is 10.3 Å². The SMILES string of the molecule is CC(C)Cc1nc(CCN)nn1Cc1ccc(-c2ccccc2-c2nn[nH]n2)cc1. The second kappa shape index (κ2) is 8.96. The Labute approximate surface area is 175 Å². The molecule has 2 heterocycles. The third kappa shape index (κ3) is 4.44. The van der Waals surface area contributed by atoms with Crippen LogP contribution in [0, 0.1) is 5.92 Å². The van der Waals surface area contributed by atoms with Crippen LogP contribution in [0.1, 0.15) is 31.1 Å². The quantitative estimate of drug-likeness (QED) is 0.469. The van der Waals surface area contributed by atoms with Crippen molar-refractivity contribution in [2.24, 2.45) is 11.7 Å². The van der Waals surface area contributed by atoms with Gasteiger partial charge < -0.3 is 5.73 Å². The molecule has 8 heteroatoms. The molecule has 8 nitrogen and oxygen atoms in total. The number of H-pyrrole nitrogens is 1. The summed E-state index contributed by atoms with van der Waals surface area (Å²) in [6.45, 7) is 5.63. The van der Waals surface area contributed by atoms with Crippen LogP contribution >= 0.6 is 0 Å². The van der Waals surface area contributed by atoms with Crippen LogP contribution in [0.15, 0.2) is 48.5 Å². The number of nitrogens with zero attached hydrogens (tertiary/aromatic N) is 6. The van der Waals surface area contributed by atoms with Gasteiger partial charge in [0.2, 0.25) is 5.82 Å². The van der Waals surface area contributed by atoms with E-state index in [0.717, 1.165) is 34.8 Å². The Balaban J connectivity index is 1.59. The van der Waals surface area contributed by atoms with Crippen LogP contribution in [-0.2, 0) is 19.4 Å². The third-order valence-corrected chi connectivity index (χ3v) is 4.86. The molecule has 3 N–H and O–H groups in total. The summed E-state index contributed by atoms with van der Waals surface area (Å²) >= 11 is 0. The Morgan fingerprint density at radius 3 is 2.47 bits per heavy atom. The van der Waals surface area contributed by atoms with Crippen molar-refractivity contribution in [1.82, 2.24) is 35.4 Å². The van der Waals surface area contributed by atoms with Gasteiger partial charge in [0.15, 0.2) is 5.82 Å². The Bertz CT molecular complexity index is 1080. The van der Waals surface area contributed by atoms with Crippen molar-refractivity contribution in [3.63, 3.8) is 0 Å². The first-order valence-corrected chi connectivity index (χ1v) is 10.2. The molecular weight excluding hydrogens is 376 g/mol. The zero-order chi connectivity index (χ0) is 20.9. The Morgan fingerprint density at radius 2 is 1.80 bits per heavy atom. The lowest BCUT2D eigenvalue weighted by Crippen LogP contribution is -2.09. The number of rotatable bonds is 8. The van der Waals surface area contributed by atoms with Crippen LogP contribution in [0.5, 0.6) is 0 Å². The zero-order valence-corrected chi connectivity index (χ0v) is 17.3. The zero-order valence-electron chi connectivity index (χ0n) is 17.3. The second-order valence-electron chi connectivity index (χ2n) is 7.72. The van der Waals surface area contributed by atoms with Crippen molar-refractivity contribution in [2.75, 3.05) is 6.54 Å². The highest BCUT2D eigenvalue weighted by molar-refractivity contribution is 5.80. The second-order valence-corrected chi connectivity index (χ2v) is 7.72. The van der Waals surface area contributed by atoms with Gasteiger partial charge in [0, 0.05) is 18.4 Å². The van der Waals surface area contributed by atoms with E-state index in [4.69, 9.17) is 10.7 Å². The predicted molar refractivity (Wildman–Crippen MR) is 115 cm³/mol. The van der Waals surface area contributed by atoms with Crippen molar-refractivity contribution < 1.29 is 0 Å². The first-order chi connectivity index (χ1) is 14.6. The molecule has 0 aliphatic carbocycles. The first-order valence-electron chi connectivity index (χ1n) is 10.2. The molecule has 0 spiro atoms. The van der Waals surface area contributed by atoms with Gasteiger partial charge in [-0.05, 0) is 34.4 Å². The molecule has 0 unspecified atom stereocenters. The summed E-state index contributed by atoms with van der Waals surface area (Å²) in [6, 6.07) is 16.6. The fourth-order valence-corrected chi connectivity index (χ4v) is 3.47. The van der Waals surface area contributed by atoms with Crippen LogP contribution in [-0.4, -0.2) is 41.9 Å². The fraction of sp³-hybridized carbons (Fsp3) is 0.318. The molecule has 2 aromatic heterocycles. The molecule has 154 valence electrons. The summed E-state index contributed by atoms with van der Waals surface area (Å²) in [7, 11) is 0. The van der Waals surface area contributed by atoms with E-state index in [1.54, 1.807) is 0 Å². The Kier molecular flexibility index (Phi) is 5.94. The molecule has 4 rings (SSSR count). The van der Waals surface area contributed by atoms with Gasteiger partial charge in [0.25, 0.3) is 0 Å². The summed E-state index contributed by atoms with van der Waals surface area (Å²) < 4.78 is 2.01. The van der Waals surface area contributed by atoms with Crippen LogP contribution < -0.4 is 5.73 Å². The van der Waals surface area contributed by atoms with Gasteiger partial charge in [-0.3, -0.25) is 0 Å². The van der Waals surface area contributed by atoms with E-state index in [-0.39, 0.29) is 0 Å². The highest BCUT2D eigenvalue weighted by Crippen LogP contribution is 2.29. The Morgan fingerprint density at radius 1 is 1.03 bits per heavy atom. The summed E-state index contributed by atoms with van der Waals surface area (Å²) in [4.78, 5) is 4.69. The summed E-state index contributed by atoms with van der Waals surface area (Å²) in [6.07, 6.45) is 1.59. The van der Waals surface area contributed by atoms with Crippen molar-refractivity contribution in [1.29, 1.82) is 0 Å². The lowest BCUT2D eigenvalue weighted by Gasteiger charge is -2.10. The van der Waals surface area contributed by atoms with Crippen LogP contribution in [0.4, 0.5) is 0 Å². The standard InChI is InChI=1S/C22H26N8/c1-15(2)13-21-24-20(11-12-23)27-30(21)14-16-7-9-17(10-8-16)18-5-3-4-6-19(18)22-25-28-29-26-22/h3-10,15H,11-14,23H2,1-2H3,(H,25,26,28,29). The number of benzene rings is 2. The maximum absolute atomic E-state index is 5.69. The first kappa shape index (κ1) is 19.9. The normalized spacial score (nSPS) is 11.3. The van der Waals surface area contributed by atoms with E-state index in [2.05, 4.69) is 69.9 Å². The summed E-state index contributed by atoms with van der Waals surface area (Å²) in [5.41, 5.74) is 9.97. The van der Waals surface area contributed by atoms with E-state index in [1.165, 1.54) is 5.56 Å². The van der Waals surface area contributed by atoms with Gasteiger partial charge >= 0.3 is 0 Å². The molecule has 0 aliphatic heterocycles. The molecule has 2 aromatic carbocycles. The minimum Gasteiger partial charge on any atom is -0.330 e. The number of aromatic amines is 1. The molecule has 0 atom stereocenters. The molecular formula is C22H26N8. The van der Waals surface area contributed by atoms with Gasteiger partial charge in [-0.25, -0.2) is 9.67 Å². The molecule has 0 saturated carbocycles. The summed E-state index contributed by atoms with van der Waals surface area (Å²) in [5.74, 6) is 2.93. The predicted octanol–water partition coefficient (Wildman–Crippen LogP) is 2.87. The van der Waals surface area contributed by atoms with Crippen LogP contribution in [0.3, 0.4) is 0 Å². The molecule has 0 radical (unpaired) electrons. The number of nitrogens with one attached hydrogen (secondary N) is 1. The van der Waals surface area contributed by atoms with E-state index >= 15 is 0 Å². The number of hydrogen-bond donors (Lipinski definition) is 2. The monoisotopic (exact) mass is 402 g/mol. The van der Waals surface area contributed by atoms with Gasteiger partial charge in [-0.1, -0.05) is 62.4 Å². The Hall–Kier alpha value is -3.39. The van der Waals surface area contributed by atoms with Gasteiger partial charge in [0.05, 0.1) is 6.54 Å². The maximum Gasteiger partial charge on any atom is 0.205 e. The minimum absolute atomic E-state index is 0.516. The van der Waals surface area contributed by atoms with Crippen LogP contribution in [0.25, 0.3) is 22.5 Å². The third-order valence-electron chi connectivity index (χ3n) is 4.86. The molecule has 0 fully saturated rings. The largest absolute Gasteiger partial charge is 0.330 e. The molecule has 0 aliphatic rings. The number of tetrazole rings is 1. The van der Waals surface area contributed by atoms with Crippen molar-refractivity contribution >= 4 is 0 Å². The average Bonchev–Trinajstić information content (AvgIpc) is 3.39. The topological polar surface area (TPSA) is 111 Å². The maximum atomic E-state index is 5.69. The van der Waals surface area contributed by atoms with E-state index in [9.17, 15) is 0 Å². The number of hydrogen-bond acceptors (Lipinski definition) is 6. The van der Waals surface area contributed by atoms with Crippen LogP contribution in [0.2, 0.25) is 0 Å². The van der Waals surface area contributed by atoms with Gasteiger partial charge in [0.1, 0.15) is 5.82 Å². The number of aromatic nitrogens is 7. The van der Waals surface area contributed by atoms with Crippen molar-refractivity contribution in [3.8, 4) is 22.5 Å². The smallest absolute Gasteiger partial charge is 0.205 e. The molecule has 0 amide bonds. The minimum atomic E-state index is 0.516. The highest BCUT2D eigenvalue weighted by Gasteiger charge is 2.13. The molecule has 0 saturated heterocycles. The molecule has 0 bridgehead atoms. The van der Waals surface area contributed by atoms with Crippen molar-refractivity contribution in [2.45, 2.75) is 33.2 Å². The lowest BCUT2D eigenvalue weighted by molar-refractivity contribution is 0.562. The molecule has 30 heavy (non-hydrogen) atoms. The van der Waals surface area contributed by atoms with E-state index in [1.807, 2.05) is 22.9 Å². The average molecular weight is 403 g/mol. The van der Waals surface area contributed by atoms with Gasteiger partial charge in [-0.15, -0.1) is 10.2 Å². The van der Waals surface area contributed by atoms with Crippen molar-refractivity contribution in [3.05, 3.63) is 65.7 Å². The highest BCUT2D eigenvalue weighted by atomic mass is 15.5. The number of nitrogens with two attached hydrogens (primary N) is 1. The fourth-order valence-electron chi connectivity index (χ4n) is 3.47. The van der Waals surface area contributed by atoms with E-state index in [0.29, 0.717) is 31.3 Å². The molecule has 4 aromatic rings.